The predicted molar refractivity (Wildman–Crippen MR) is 86.3 cm³/mol. The summed E-state index contributed by atoms with van der Waals surface area (Å²) in [6.07, 6.45) is -1.46. The number of aromatic nitrogens is 1. The van der Waals surface area contributed by atoms with E-state index in [9.17, 15) is 13.2 Å². The minimum Gasteiger partial charge on any atom is -0.490 e. The van der Waals surface area contributed by atoms with E-state index in [4.69, 9.17) is 4.74 Å². The van der Waals surface area contributed by atoms with Crippen LogP contribution in [0.3, 0.4) is 0 Å². The lowest BCUT2D eigenvalue weighted by Gasteiger charge is -2.33. The molecule has 1 saturated heterocycles. The molecule has 1 aromatic heterocycles. The van der Waals surface area contributed by atoms with Crippen LogP contribution < -0.4 is 9.64 Å². The summed E-state index contributed by atoms with van der Waals surface area (Å²) in [7, 11) is 0. The number of piperidine rings is 1. The zero-order chi connectivity index (χ0) is 17.2. The summed E-state index contributed by atoms with van der Waals surface area (Å²) in [5.74, 6) is 0.812. The van der Waals surface area contributed by atoms with Crippen molar-refractivity contribution in [2.45, 2.75) is 32.0 Å². The summed E-state index contributed by atoms with van der Waals surface area (Å²) < 4.78 is 44.7. The van der Waals surface area contributed by atoms with E-state index in [0.29, 0.717) is 12.8 Å². The molecule has 0 bridgehead atoms. The minimum atomic E-state index is -4.40. The summed E-state index contributed by atoms with van der Waals surface area (Å²) in [5, 5.41) is 0. The number of halogens is 3. The number of anilines is 1. The monoisotopic (exact) mass is 336 g/mol. The van der Waals surface area contributed by atoms with E-state index >= 15 is 0 Å². The van der Waals surface area contributed by atoms with Crippen molar-refractivity contribution in [1.29, 1.82) is 0 Å². The lowest BCUT2D eigenvalue weighted by molar-refractivity contribution is -0.139. The highest BCUT2D eigenvalue weighted by molar-refractivity contribution is 5.40. The van der Waals surface area contributed by atoms with Gasteiger partial charge in [-0.15, -0.1) is 0 Å². The third-order valence-corrected chi connectivity index (χ3v) is 4.15. The van der Waals surface area contributed by atoms with Crippen molar-refractivity contribution >= 4 is 5.82 Å². The Morgan fingerprint density at radius 1 is 1.08 bits per heavy atom. The highest BCUT2D eigenvalue weighted by atomic mass is 19.4. The summed E-state index contributed by atoms with van der Waals surface area (Å²) >= 11 is 0. The first kappa shape index (κ1) is 16.6. The van der Waals surface area contributed by atoms with E-state index in [1.807, 2.05) is 25.3 Å². The van der Waals surface area contributed by atoms with Gasteiger partial charge in [-0.05, 0) is 30.7 Å². The SMILES string of the molecule is Cc1ccc(N2CCC(Oc3ccccc3C(F)(F)F)CC2)nc1. The van der Waals surface area contributed by atoms with Gasteiger partial charge in [-0.1, -0.05) is 18.2 Å². The van der Waals surface area contributed by atoms with Crippen molar-refractivity contribution in [2.75, 3.05) is 18.0 Å². The first-order valence-electron chi connectivity index (χ1n) is 7.94. The summed E-state index contributed by atoms with van der Waals surface area (Å²) in [6.45, 7) is 3.42. The van der Waals surface area contributed by atoms with Crippen LogP contribution in [0.15, 0.2) is 42.6 Å². The lowest BCUT2D eigenvalue weighted by atomic mass is 10.1. The van der Waals surface area contributed by atoms with Crippen LogP contribution in [0.25, 0.3) is 0 Å². The Kier molecular flexibility index (Phi) is 4.64. The normalized spacial score (nSPS) is 16.2. The molecule has 1 aliphatic heterocycles. The number of aryl methyl sites for hydroxylation is 1. The number of para-hydroxylation sites is 1. The number of benzene rings is 1. The molecule has 2 heterocycles. The highest BCUT2D eigenvalue weighted by Gasteiger charge is 2.35. The predicted octanol–water partition coefficient (Wildman–Crippen LogP) is 4.46. The molecule has 3 nitrogen and oxygen atoms in total. The van der Waals surface area contributed by atoms with E-state index in [2.05, 4.69) is 9.88 Å². The number of pyridine rings is 1. The Labute approximate surface area is 139 Å². The quantitative estimate of drug-likeness (QED) is 0.828. The Balaban J connectivity index is 1.63. The molecule has 1 aliphatic rings. The van der Waals surface area contributed by atoms with Crippen molar-refractivity contribution in [1.82, 2.24) is 4.98 Å². The molecule has 0 saturated carbocycles. The zero-order valence-electron chi connectivity index (χ0n) is 13.4. The number of rotatable bonds is 3. The van der Waals surface area contributed by atoms with Crippen LogP contribution in [-0.4, -0.2) is 24.2 Å². The van der Waals surface area contributed by atoms with Crippen molar-refractivity contribution < 1.29 is 17.9 Å². The van der Waals surface area contributed by atoms with Gasteiger partial charge < -0.3 is 9.64 Å². The van der Waals surface area contributed by atoms with Crippen LogP contribution in [0.4, 0.5) is 19.0 Å². The van der Waals surface area contributed by atoms with Crippen LogP contribution >= 0.6 is 0 Å². The first-order valence-corrected chi connectivity index (χ1v) is 7.94. The van der Waals surface area contributed by atoms with Crippen molar-refractivity contribution in [3.05, 3.63) is 53.7 Å². The average molecular weight is 336 g/mol. The van der Waals surface area contributed by atoms with Gasteiger partial charge in [0.05, 0.1) is 5.56 Å². The standard InChI is InChI=1S/C18H19F3N2O/c1-13-6-7-17(22-12-13)23-10-8-14(9-11-23)24-16-5-3-2-4-15(16)18(19,20)21/h2-7,12,14H,8-11H2,1H3. The molecule has 0 aliphatic carbocycles. The number of alkyl halides is 3. The second-order valence-electron chi connectivity index (χ2n) is 5.99. The van der Waals surface area contributed by atoms with Crippen molar-refractivity contribution in [2.24, 2.45) is 0 Å². The van der Waals surface area contributed by atoms with Gasteiger partial charge in [0.1, 0.15) is 17.7 Å². The Bertz CT molecular complexity index is 677. The fourth-order valence-corrected chi connectivity index (χ4v) is 2.83. The molecule has 128 valence electrons. The van der Waals surface area contributed by atoms with Gasteiger partial charge in [0.25, 0.3) is 0 Å². The molecule has 0 N–H and O–H groups in total. The smallest absolute Gasteiger partial charge is 0.419 e. The zero-order valence-corrected chi connectivity index (χ0v) is 13.4. The third-order valence-electron chi connectivity index (χ3n) is 4.15. The maximum absolute atomic E-state index is 13.0. The van der Waals surface area contributed by atoms with Gasteiger partial charge in [-0.3, -0.25) is 0 Å². The van der Waals surface area contributed by atoms with Gasteiger partial charge in [0.15, 0.2) is 0 Å². The molecule has 0 atom stereocenters. The van der Waals surface area contributed by atoms with Crippen LogP contribution in [0.5, 0.6) is 5.75 Å². The first-order chi connectivity index (χ1) is 11.4. The molecule has 2 aromatic rings. The van der Waals surface area contributed by atoms with Gasteiger partial charge >= 0.3 is 6.18 Å². The van der Waals surface area contributed by atoms with Gasteiger partial charge in [-0.2, -0.15) is 13.2 Å². The van der Waals surface area contributed by atoms with Crippen LogP contribution in [-0.2, 0) is 6.18 Å². The molecule has 0 unspecified atom stereocenters. The molecule has 24 heavy (non-hydrogen) atoms. The molecule has 0 radical (unpaired) electrons. The molecule has 0 amide bonds. The third kappa shape index (κ3) is 3.80. The molecule has 6 heteroatoms. The van der Waals surface area contributed by atoms with E-state index in [-0.39, 0.29) is 11.9 Å². The number of ether oxygens (including phenoxy) is 1. The number of hydrogen-bond donors (Lipinski definition) is 0. The van der Waals surface area contributed by atoms with Crippen molar-refractivity contribution in [3.8, 4) is 5.75 Å². The van der Waals surface area contributed by atoms with Gasteiger partial charge in [-0.25, -0.2) is 4.98 Å². The lowest BCUT2D eigenvalue weighted by Crippen LogP contribution is -2.38. The maximum Gasteiger partial charge on any atom is 0.419 e. The van der Waals surface area contributed by atoms with E-state index in [1.165, 1.54) is 12.1 Å². The Morgan fingerprint density at radius 2 is 1.79 bits per heavy atom. The van der Waals surface area contributed by atoms with Gasteiger partial charge in [0.2, 0.25) is 0 Å². The molecular formula is C18H19F3N2O. The molecule has 1 aromatic carbocycles. The molecule has 0 spiro atoms. The maximum atomic E-state index is 13.0. The minimum absolute atomic E-state index is 0.0862. The summed E-state index contributed by atoms with van der Waals surface area (Å²) in [6, 6.07) is 9.36. The Hall–Kier alpha value is -2.24. The average Bonchev–Trinajstić information content (AvgIpc) is 2.56. The Morgan fingerprint density at radius 3 is 2.42 bits per heavy atom. The summed E-state index contributed by atoms with van der Waals surface area (Å²) in [5.41, 5.74) is 0.383. The summed E-state index contributed by atoms with van der Waals surface area (Å²) in [4.78, 5) is 6.53. The van der Waals surface area contributed by atoms with Crippen LogP contribution in [0.2, 0.25) is 0 Å². The second kappa shape index (κ2) is 6.71. The van der Waals surface area contributed by atoms with E-state index in [1.54, 1.807) is 6.07 Å². The number of hydrogen-bond acceptors (Lipinski definition) is 3. The highest BCUT2D eigenvalue weighted by Crippen LogP contribution is 2.37. The molecule has 3 rings (SSSR count). The largest absolute Gasteiger partial charge is 0.490 e. The number of nitrogens with zero attached hydrogens (tertiary/aromatic N) is 2. The van der Waals surface area contributed by atoms with Crippen LogP contribution in [0, 0.1) is 6.92 Å². The van der Waals surface area contributed by atoms with Gasteiger partial charge in [0, 0.05) is 32.1 Å². The topological polar surface area (TPSA) is 25.4 Å². The van der Waals surface area contributed by atoms with E-state index < -0.39 is 11.7 Å². The van der Waals surface area contributed by atoms with Crippen molar-refractivity contribution in [3.63, 3.8) is 0 Å². The van der Waals surface area contributed by atoms with Crippen LogP contribution in [0.1, 0.15) is 24.0 Å². The fraction of sp³-hybridized carbons (Fsp3) is 0.389. The fourth-order valence-electron chi connectivity index (χ4n) is 2.83. The second-order valence-corrected chi connectivity index (χ2v) is 5.99. The van der Waals surface area contributed by atoms with E-state index in [0.717, 1.165) is 30.5 Å². The molecular weight excluding hydrogens is 317 g/mol. The molecule has 1 fully saturated rings.